The second kappa shape index (κ2) is 11.3. The van der Waals surface area contributed by atoms with Crippen LogP contribution in [0, 0.1) is 5.92 Å². The van der Waals surface area contributed by atoms with E-state index in [9.17, 15) is 0 Å². The Hall–Kier alpha value is -4.19. The molecule has 2 radical (unpaired) electrons. The van der Waals surface area contributed by atoms with Gasteiger partial charge in [0.1, 0.15) is 7.85 Å². The summed E-state index contributed by atoms with van der Waals surface area (Å²) in [4.78, 5) is 5.11. The zero-order valence-electron chi connectivity index (χ0n) is 25.5. The quantitative estimate of drug-likeness (QED) is 0.197. The molecule has 0 saturated carbocycles. The van der Waals surface area contributed by atoms with Crippen LogP contribution < -0.4 is 5.32 Å². The van der Waals surface area contributed by atoms with Gasteiger partial charge in [0.05, 0.1) is 15.9 Å². The number of hydrogen-bond acceptors (Lipinski definition) is 3. The summed E-state index contributed by atoms with van der Waals surface area (Å²) in [6.07, 6.45) is 21.8. The van der Waals surface area contributed by atoms with Crippen LogP contribution in [0.3, 0.4) is 0 Å². The lowest BCUT2D eigenvalue weighted by Crippen LogP contribution is -2.26. The third-order valence-electron chi connectivity index (χ3n) is 9.36. The largest absolute Gasteiger partial charge is 0.386 e. The van der Waals surface area contributed by atoms with Gasteiger partial charge in [-0.1, -0.05) is 98.5 Å². The van der Waals surface area contributed by atoms with Gasteiger partial charge in [0.25, 0.3) is 0 Å². The molecule has 2 N–H and O–H groups in total. The predicted octanol–water partition coefficient (Wildman–Crippen LogP) is 10.7. The number of aromatic nitrogens is 1. The zero-order valence-corrected chi connectivity index (χ0v) is 27.1. The highest BCUT2D eigenvalue weighted by Crippen LogP contribution is 2.46. The van der Waals surface area contributed by atoms with E-state index in [4.69, 9.17) is 7.85 Å². The van der Waals surface area contributed by atoms with E-state index in [1.807, 2.05) is 11.3 Å². The molecule has 5 heteroatoms. The summed E-state index contributed by atoms with van der Waals surface area (Å²) in [5.74, 6) is -0.200. The monoisotopic (exact) mass is 616 g/mol. The molecule has 45 heavy (non-hydrogen) atoms. The number of fused-ring (bicyclic) bond motifs is 8. The molecule has 2 aliphatic carbocycles. The molecule has 8 rings (SSSR count). The lowest BCUT2D eigenvalue weighted by molar-refractivity contribution is 0.871. The minimum absolute atomic E-state index is 0.233. The van der Waals surface area contributed by atoms with E-state index in [2.05, 4.69) is 133 Å². The Labute approximate surface area is 274 Å². The second-order valence-corrected chi connectivity index (χ2v) is 13.9. The summed E-state index contributed by atoms with van der Waals surface area (Å²) in [6, 6.07) is 19.7. The van der Waals surface area contributed by atoms with Crippen molar-refractivity contribution in [1.82, 2.24) is 4.98 Å². The summed E-state index contributed by atoms with van der Waals surface area (Å²) >= 11 is 3.66. The lowest BCUT2D eigenvalue weighted by Gasteiger charge is -2.29. The Balaban J connectivity index is 1.28. The summed E-state index contributed by atoms with van der Waals surface area (Å²) < 4.78 is 2.73. The van der Waals surface area contributed by atoms with Crippen LogP contribution in [0.15, 0.2) is 125 Å². The van der Waals surface area contributed by atoms with Crippen molar-refractivity contribution in [1.29, 1.82) is 0 Å². The standard InChI is InChI=1S/C40H33BN2S2/c1-23-12-4-8-21-34(44-3)35(23)24(2)26-16-10-17-28-32(22-25-13-5-6-14-27(25)36(28)43-40(26)41)29-18-11-19-31-37(29)42-38-30-15-7-9-20-33(30)45-39(31)38/h4-10,12-18,20-23,40,42-43H,2,11,19H2,1,3H3/b17-10-,26-16?. The minimum Gasteiger partial charge on any atom is -0.386 e. The Morgan fingerprint density at radius 2 is 1.84 bits per heavy atom. The highest BCUT2D eigenvalue weighted by molar-refractivity contribution is 8.02. The number of anilines is 1. The van der Waals surface area contributed by atoms with E-state index in [1.54, 1.807) is 11.8 Å². The maximum atomic E-state index is 7.07. The minimum atomic E-state index is -0.433. The fourth-order valence-corrected chi connectivity index (χ4v) is 9.18. The number of rotatable bonds is 4. The molecule has 2 atom stereocenters. The average Bonchev–Trinajstić information content (AvgIpc) is 3.53. The maximum absolute atomic E-state index is 7.07. The van der Waals surface area contributed by atoms with Gasteiger partial charge in [-0.25, -0.2) is 0 Å². The Bertz CT molecular complexity index is 2230. The summed E-state index contributed by atoms with van der Waals surface area (Å²) in [5, 5.41) is 7.44. The van der Waals surface area contributed by atoms with Gasteiger partial charge < -0.3 is 10.3 Å². The zero-order chi connectivity index (χ0) is 30.7. The summed E-state index contributed by atoms with van der Waals surface area (Å²) in [5.41, 5.74) is 11.8. The molecule has 2 nitrogen and oxygen atoms in total. The summed E-state index contributed by atoms with van der Waals surface area (Å²) in [7, 11) is 7.07. The van der Waals surface area contributed by atoms with Gasteiger partial charge in [0.15, 0.2) is 0 Å². The molecule has 0 bridgehead atoms. The van der Waals surface area contributed by atoms with Gasteiger partial charge in [-0.3, -0.25) is 0 Å². The molecular formula is C40H33BN2S2. The molecule has 0 fully saturated rings. The SMILES string of the molecule is [B]C1Nc2c(c(C3=CCCc4c3[nH]c3c4sc4ccccc43)cc3ccccc23)/C=C\C=C1C(=C)C1=C(SC)C=CC=CC1C. The number of nitrogens with one attached hydrogen (secondary N) is 2. The first-order valence-electron chi connectivity index (χ1n) is 15.5. The molecule has 5 aromatic rings. The average molecular weight is 617 g/mol. The smallest absolute Gasteiger partial charge is 0.105 e. The number of aromatic amines is 1. The van der Waals surface area contributed by atoms with Gasteiger partial charge >= 0.3 is 0 Å². The molecular weight excluding hydrogens is 583 g/mol. The Morgan fingerprint density at radius 3 is 2.71 bits per heavy atom. The van der Waals surface area contributed by atoms with E-state index < -0.39 is 5.94 Å². The molecule has 0 spiro atoms. The molecule has 2 unspecified atom stereocenters. The highest BCUT2D eigenvalue weighted by atomic mass is 32.2. The fourth-order valence-electron chi connectivity index (χ4n) is 7.20. The first kappa shape index (κ1) is 28.3. The molecule has 0 amide bonds. The third kappa shape index (κ3) is 4.64. The van der Waals surface area contributed by atoms with Gasteiger partial charge in [0.2, 0.25) is 0 Å². The molecule has 218 valence electrons. The van der Waals surface area contributed by atoms with E-state index in [1.165, 1.54) is 58.6 Å². The fraction of sp³-hybridized carbons (Fsp3) is 0.150. The number of thioether (sulfide) groups is 1. The van der Waals surface area contributed by atoms with Crippen LogP contribution in [-0.4, -0.2) is 25.0 Å². The van der Waals surface area contributed by atoms with Crippen molar-refractivity contribution >= 4 is 79.4 Å². The van der Waals surface area contributed by atoms with Crippen LogP contribution in [-0.2, 0) is 6.42 Å². The van der Waals surface area contributed by atoms with Crippen LogP contribution in [0.25, 0.3) is 42.7 Å². The predicted molar refractivity (Wildman–Crippen MR) is 200 cm³/mol. The third-order valence-corrected chi connectivity index (χ3v) is 11.4. The van der Waals surface area contributed by atoms with Crippen molar-refractivity contribution in [2.45, 2.75) is 25.7 Å². The van der Waals surface area contributed by atoms with E-state index >= 15 is 0 Å². The lowest BCUT2D eigenvalue weighted by atomic mass is 9.78. The first-order valence-corrected chi connectivity index (χ1v) is 17.6. The van der Waals surface area contributed by atoms with Crippen LogP contribution >= 0.6 is 23.1 Å². The normalized spacial score (nSPS) is 20.2. The molecule has 2 aromatic heterocycles. The van der Waals surface area contributed by atoms with Crippen molar-refractivity contribution in [3.8, 4) is 0 Å². The topological polar surface area (TPSA) is 27.8 Å². The van der Waals surface area contributed by atoms with Crippen molar-refractivity contribution in [3.05, 3.63) is 148 Å². The van der Waals surface area contributed by atoms with Gasteiger partial charge in [0, 0.05) is 49.1 Å². The van der Waals surface area contributed by atoms with Gasteiger partial charge in [-0.2, -0.15) is 0 Å². The highest BCUT2D eigenvalue weighted by Gasteiger charge is 2.27. The second-order valence-electron chi connectivity index (χ2n) is 12.0. The van der Waals surface area contributed by atoms with Crippen molar-refractivity contribution < 1.29 is 0 Å². The van der Waals surface area contributed by atoms with Gasteiger partial charge in [-0.05, 0) is 70.5 Å². The van der Waals surface area contributed by atoms with Crippen LogP contribution in [0.4, 0.5) is 5.69 Å². The molecule has 1 aliphatic heterocycles. The molecule has 0 saturated heterocycles. The van der Waals surface area contributed by atoms with Crippen LogP contribution in [0.2, 0.25) is 0 Å². The van der Waals surface area contributed by atoms with Crippen molar-refractivity contribution in [2.75, 3.05) is 11.6 Å². The maximum Gasteiger partial charge on any atom is 0.105 e. The Morgan fingerprint density at radius 1 is 1.02 bits per heavy atom. The van der Waals surface area contributed by atoms with Crippen molar-refractivity contribution in [2.24, 2.45) is 5.92 Å². The number of benzene rings is 3. The summed E-state index contributed by atoms with van der Waals surface area (Å²) in [6.45, 7) is 6.84. The van der Waals surface area contributed by atoms with E-state index in [-0.39, 0.29) is 5.92 Å². The van der Waals surface area contributed by atoms with Crippen LogP contribution in [0.1, 0.15) is 35.7 Å². The number of H-pyrrole nitrogens is 1. The number of hydrogen-bond donors (Lipinski definition) is 2. The Kier molecular flexibility index (Phi) is 7.11. The number of allylic oxidation sites excluding steroid dienone is 8. The van der Waals surface area contributed by atoms with Crippen LogP contribution in [0.5, 0.6) is 0 Å². The number of aryl methyl sites for hydroxylation is 1. The van der Waals surface area contributed by atoms with E-state index in [0.29, 0.717) is 0 Å². The van der Waals surface area contributed by atoms with Crippen molar-refractivity contribution in [3.63, 3.8) is 0 Å². The first-order chi connectivity index (χ1) is 22.0. The van der Waals surface area contributed by atoms with Gasteiger partial charge in [-0.15, -0.1) is 23.1 Å². The molecule has 3 aromatic carbocycles. The van der Waals surface area contributed by atoms with E-state index in [0.717, 1.165) is 40.6 Å². The molecule has 3 aliphatic rings. The number of thiophene rings is 1. The molecule has 3 heterocycles.